The Labute approximate surface area is 99.1 Å². The van der Waals surface area contributed by atoms with E-state index in [0.29, 0.717) is 24.9 Å². The molecule has 1 amide bonds. The minimum atomic E-state index is -0.387. The number of carbonyl (C=O) groups is 1. The van der Waals surface area contributed by atoms with Gasteiger partial charge in [0.05, 0.1) is 0 Å². The Balaban J connectivity index is 1.83. The summed E-state index contributed by atoms with van der Waals surface area (Å²) in [6.07, 6.45) is 2.68. The van der Waals surface area contributed by atoms with E-state index in [4.69, 9.17) is 10.2 Å². The second-order valence-corrected chi connectivity index (χ2v) is 4.19. The number of nitrogens with two attached hydrogens (primary N) is 1. The van der Waals surface area contributed by atoms with Crippen LogP contribution in [0.5, 0.6) is 0 Å². The first-order valence-electron chi connectivity index (χ1n) is 5.78. The molecule has 0 bridgehead atoms. The SMILES string of the molecule is CC(Nc1nnc(CCN)o1)C(=O)NC1CC1. The molecule has 1 aliphatic rings. The highest BCUT2D eigenvalue weighted by molar-refractivity contribution is 5.84. The van der Waals surface area contributed by atoms with Gasteiger partial charge in [-0.25, -0.2) is 0 Å². The van der Waals surface area contributed by atoms with E-state index < -0.39 is 0 Å². The fourth-order valence-corrected chi connectivity index (χ4v) is 1.34. The lowest BCUT2D eigenvalue weighted by Gasteiger charge is -2.11. The molecule has 1 saturated carbocycles. The zero-order chi connectivity index (χ0) is 12.3. The smallest absolute Gasteiger partial charge is 0.316 e. The molecule has 0 spiro atoms. The summed E-state index contributed by atoms with van der Waals surface area (Å²) in [7, 11) is 0. The van der Waals surface area contributed by atoms with Gasteiger partial charge in [-0.1, -0.05) is 5.10 Å². The largest absolute Gasteiger partial charge is 0.408 e. The first-order chi connectivity index (χ1) is 8.19. The van der Waals surface area contributed by atoms with Gasteiger partial charge in [-0.15, -0.1) is 5.10 Å². The van der Waals surface area contributed by atoms with Gasteiger partial charge in [-0.2, -0.15) is 0 Å². The Morgan fingerprint density at radius 2 is 2.35 bits per heavy atom. The maximum Gasteiger partial charge on any atom is 0.316 e. The Hall–Kier alpha value is -1.63. The highest BCUT2D eigenvalue weighted by Crippen LogP contribution is 2.18. The first kappa shape index (κ1) is 11.8. The van der Waals surface area contributed by atoms with Crippen LogP contribution in [0.3, 0.4) is 0 Å². The first-order valence-corrected chi connectivity index (χ1v) is 5.78. The van der Waals surface area contributed by atoms with E-state index in [1.807, 2.05) is 0 Å². The highest BCUT2D eigenvalue weighted by atomic mass is 16.4. The van der Waals surface area contributed by atoms with Crippen molar-refractivity contribution in [3.8, 4) is 0 Å². The summed E-state index contributed by atoms with van der Waals surface area (Å²) in [4.78, 5) is 11.6. The van der Waals surface area contributed by atoms with Crippen LogP contribution >= 0.6 is 0 Å². The van der Waals surface area contributed by atoms with Gasteiger partial charge in [0.2, 0.25) is 11.8 Å². The van der Waals surface area contributed by atoms with Gasteiger partial charge in [0, 0.05) is 19.0 Å². The molecule has 4 N–H and O–H groups in total. The van der Waals surface area contributed by atoms with Crippen LogP contribution in [0.4, 0.5) is 6.01 Å². The summed E-state index contributed by atoms with van der Waals surface area (Å²) in [5, 5.41) is 13.3. The van der Waals surface area contributed by atoms with E-state index in [2.05, 4.69) is 20.8 Å². The van der Waals surface area contributed by atoms with Crippen LogP contribution < -0.4 is 16.4 Å². The predicted octanol–water partition coefficient (Wildman–Crippen LogP) is -0.350. The molecule has 7 nitrogen and oxygen atoms in total. The third-order valence-electron chi connectivity index (χ3n) is 2.48. The van der Waals surface area contributed by atoms with Crippen molar-refractivity contribution in [3.05, 3.63) is 5.89 Å². The molecule has 94 valence electrons. The van der Waals surface area contributed by atoms with Crippen molar-refractivity contribution in [1.82, 2.24) is 15.5 Å². The van der Waals surface area contributed by atoms with Crippen molar-refractivity contribution in [2.24, 2.45) is 5.73 Å². The summed E-state index contributed by atoms with van der Waals surface area (Å²) in [5.74, 6) is 0.427. The second kappa shape index (κ2) is 5.13. The van der Waals surface area contributed by atoms with Gasteiger partial charge in [0.15, 0.2) is 0 Å². The predicted molar refractivity (Wildman–Crippen MR) is 61.3 cm³/mol. The van der Waals surface area contributed by atoms with Crippen LogP contribution in [0, 0.1) is 0 Å². The normalized spacial score (nSPS) is 16.6. The third-order valence-corrected chi connectivity index (χ3v) is 2.48. The van der Waals surface area contributed by atoms with E-state index in [9.17, 15) is 4.79 Å². The number of hydrogen-bond donors (Lipinski definition) is 3. The van der Waals surface area contributed by atoms with Crippen molar-refractivity contribution in [2.45, 2.75) is 38.3 Å². The molecule has 17 heavy (non-hydrogen) atoms. The van der Waals surface area contributed by atoms with Crippen molar-refractivity contribution in [3.63, 3.8) is 0 Å². The monoisotopic (exact) mass is 239 g/mol. The fourth-order valence-electron chi connectivity index (χ4n) is 1.34. The van der Waals surface area contributed by atoms with E-state index in [-0.39, 0.29) is 18.0 Å². The molecule has 1 aromatic rings. The van der Waals surface area contributed by atoms with E-state index in [0.717, 1.165) is 12.8 Å². The molecule has 1 atom stereocenters. The van der Waals surface area contributed by atoms with Crippen LogP contribution in [0.15, 0.2) is 4.42 Å². The average molecular weight is 239 g/mol. The molecule has 1 heterocycles. The zero-order valence-electron chi connectivity index (χ0n) is 9.77. The minimum absolute atomic E-state index is 0.0499. The molecular weight excluding hydrogens is 222 g/mol. The van der Waals surface area contributed by atoms with E-state index in [1.54, 1.807) is 6.92 Å². The molecule has 1 unspecified atom stereocenters. The van der Waals surface area contributed by atoms with Gasteiger partial charge in [0.25, 0.3) is 0 Å². The Morgan fingerprint density at radius 3 is 3.00 bits per heavy atom. The molecule has 0 saturated heterocycles. The lowest BCUT2D eigenvalue weighted by atomic mass is 10.3. The molecule has 1 aromatic heterocycles. The van der Waals surface area contributed by atoms with Crippen molar-refractivity contribution >= 4 is 11.9 Å². The molecule has 0 aromatic carbocycles. The molecule has 2 rings (SSSR count). The van der Waals surface area contributed by atoms with Crippen LogP contribution in [0.2, 0.25) is 0 Å². The summed E-state index contributed by atoms with van der Waals surface area (Å²) in [6, 6.07) is 0.218. The molecule has 7 heteroatoms. The Bertz CT molecular complexity index is 388. The van der Waals surface area contributed by atoms with E-state index in [1.165, 1.54) is 0 Å². The number of nitrogens with one attached hydrogen (secondary N) is 2. The molecule has 1 fully saturated rings. The molecule has 0 aliphatic heterocycles. The van der Waals surface area contributed by atoms with Crippen molar-refractivity contribution in [2.75, 3.05) is 11.9 Å². The Morgan fingerprint density at radius 1 is 1.59 bits per heavy atom. The van der Waals surface area contributed by atoms with Crippen LogP contribution in [-0.4, -0.2) is 34.7 Å². The summed E-state index contributed by atoms with van der Waals surface area (Å²) < 4.78 is 5.27. The molecule has 1 aliphatic carbocycles. The molecular formula is C10H17N5O2. The highest BCUT2D eigenvalue weighted by Gasteiger charge is 2.26. The lowest BCUT2D eigenvalue weighted by molar-refractivity contribution is -0.121. The van der Waals surface area contributed by atoms with Crippen molar-refractivity contribution < 1.29 is 9.21 Å². The minimum Gasteiger partial charge on any atom is -0.408 e. The third kappa shape index (κ3) is 3.42. The maximum absolute atomic E-state index is 11.6. The van der Waals surface area contributed by atoms with Gasteiger partial charge >= 0.3 is 6.01 Å². The van der Waals surface area contributed by atoms with Gasteiger partial charge in [-0.3, -0.25) is 4.79 Å². The maximum atomic E-state index is 11.6. The Kier molecular flexibility index (Phi) is 3.58. The number of amides is 1. The molecule has 0 radical (unpaired) electrons. The fraction of sp³-hybridized carbons (Fsp3) is 0.700. The quantitative estimate of drug-likeness (QED) is 0.626. The lowest BCUT2D eigenvalue weighted by Crippen LogP contribution is -2.38. The number of hydrogen-bond acceptors (Lipinski definition) is 6. The van der Waals surface area contributed by atoms with Crippen LogP contribution in [-0.2, 0) is 11.2 Å². The van der Waals surface area contributed by atoms with Gasteiger partial charge in [-0.05, 0) is 19.8 Å². The number of nitrogens with zero attached hydrogens (tertiary/aromatic N) is 2. The topological polar surface area (TPSA) is 106 Å². The van der Waals surface area contributed by atoms with Gasteiger partial charge < -0.3 is 20.8 Å². The van der Waals surface area contributed by atoms with E-state index >= 15 is 0 Å². The van der Waals surface area contributed by atoms with Crippen molar-refractivity contribution in [1.29, 1.82) is 0 Å². The summed E-state index contributed by atoms with van der Waals surface area (Å²) >= 11 is 0. The van der Waals surface area contributed by atoms with Gasteiger partial charge in [0.1, 0.15) is 6.04 Å². The number of rotatable bonds is 6. The standard InChI is InChI=1S/C10H17N5O2/c1-6(9(16)13-7-2-3-7)12-10-15-14-8(17-10)4-5-11/h6-7H,2-5,11H2,1H3,(H,12,15)(H,13,16). The number of aromatic nitrogens is 2. The van der Waals surface area contributed by atoms with Crippen LogP contribution in [0.25, 0.3) is 0 Å². The zero-order valence-corrected chi connectivity index (χ0v) is 9.77. The number of anilines is 1. The second-order valence-electron chi connectivity index (χ2n) is 4.19. The number of carbonyl (C=O) groups excluding carboxylic acids is 1. The van der Waals surface area contributed by atoms with Crippen LogP contribution in [0.1, 0.15) is 25.7 Å². The summed E-state index contributed by atoms with van der Waals surface area (Å²) in [5.41, 5.74) is 5.37. The average Bonchev–Trinajstić information content (AvgIpc) is 3.00. The summed E-state index contributed by atoms with van der Waals surface area (Å²) in [6.45, 7) is 2.21.